The second kappa shape index (κ2) is 8.27. The van der Waals surface area contributed by atoms with Crippen LogP contribution in [0.1, 0.15) is 37.5 Å². The minimum absolute atomic E-state index is 0.197. The maximum Gasteiger partial charge on any atom is 0.274 e. The van der Waals surface area contributed by atoms with Gasteiger partial charge in [0.1, 0.15) is 5.69 Å². The molecule has 0 bridgehead atoms. The molecule has 0 unspecified atom stereocenters. The van der Waals surface area contributed by atoms with Crippen LogP contribution in [-0.4, -0.2) is 16.8 Å². The molecule has 2 aromatic carbocycles. The Morgan fingerprint density at radius 1 is 0.926 bits per heavy atom. The molecule has 5 heteroatoms. The summed E-state index contributed by atoms with van der Waals surface area (Å²) in [5.74, 6) is -0.596. The van der Waals surface area contributed by atoms with Crippen LogP contribution in [0.15, 0.2) is 66.9 Å². The topological polar surface area (TPSA) is 71.1 Å². The number of aryl methyl sites for hydroxylation is 2. The molecular weight excluding hydrogens is 338 g/mol. The Balaban J connectivity index is 1.68. The van der Waals surface area contributed by atoms with Gasteiger partial charge in [-0.2, -0.15) is 0 Å². The fourth-order valence-corrected chi connectivity index (χ4v) is 2.72. The van der Waals surface area contributed by atoms with Crippen molar-refractivity contribution in [2.45, 2.75) is 20.4 Å². The molecule has 0 aliphatic heterocycles. The van der Waals surface area contributed by atoms with Crippen LogP contribution in [0.2, 0.25) is 0 Å². The molecule has 0 spiro atoms. The second-order valence-corrected chi connectivity index (χ2v) is 6.37. The largest absolute Gasteiger partial charge is 0.348 e. The first-order chi connectivity index (χ1) is 13.0. The van der Waals surface area contributed by atoms with E-state index in [2.05, 4.69) is 15.6 Å². The van der Waals surface area contributed by atoms with Gasteiger partial charge in [0, 0.05) is 24.0 Å². The quantitative estimate of drug-likeness (QED) is 0.726. The van der Waals surface area contributed by atoms with Crippen LogP contribution in [0, 0.1) is 13.8 Å². The van der Waals surface area contributed by atoms with Gasteiger partial charge in [0.15, 0.2) is 0 Å². The molecule has 0 saturated heterocycles. The minimum Gasteiger partial charge on any atom is -0.348 e. The van der Waals surface area contributed by atoms with Crippen molar-refractivity contribution in [1.82, 2.24) is 10.3 Å². The molecule has 0 saturated carbocycles. The number of carbonyl (C=O) groups excluding carboxylic acids is 2. The lowest BCUT2D eigenvalue weighted by Crippen LogP contribution is -2.23. The Labute approximate surface area is 158 Å². The van der Waals surface area contributed by atoms with Crippen LogP contribution in [0.25, 0.3) is 0 Å². The van der Waals surface area contributed by atoms with Crippen molar-refractivity contribution in [1.29, 1.82) is 0 Å². The molecule has 136 valence electrons. The van der Waals surface area contributed by atoms with Crippen LogP contribution in [0.3, 0.4) is 0 Å². The number of pyridine rings is 1. The zero-order chi connectivity index (χ0) is 19.2. The monoisotopic (exact) mass is 359 g/mol. The van der Waals surface area contributed by atoms with Gasteiger partial charge in [-0.15, -0.1) is 0 Å². The number of nitrogens with one attached hydrogen (secondary N) is 2. The van der Waals surface area contributed by atoms with Gasteiger partial charge in [0.25, 0.3) is 11.8 Å². The van der Waals surface area contributed by atoms with Crippen molar-refractivity contribution in [2.75, 3.05) is 5.32 Å². The molecular formula is C22H21N3O2. The maximum absolute atomic E-state index is 12.5. The summed E-state index contributed by atoms with van der Waals surface area (Å²) in [7, 11) is 0. The molecule has 0 aliphatic carbocycles. The molecule has 0 radical (unpaired) electrons. The third-order valence-corrected chi connectivity index (χ3v) is 4.18. The molecule has 5 nitrogen and oxygen atoms in total. The summed E-state index contributed by atoms with van der Waals surface area (Å²) in [6, 6.07) is 18.5. The highest BCUT2D eigenvalue weighted by molar-refractivity contribution is 6.05. The highest BCUT2D eigenvalue weighted by Crippen LogP contribution is 2.17. The summed E-state index contributed by atoms with van der Waals surface area (Å²) >= 11 is 0. The Morgan fingerprint density at radius 3 is 2.44 bits per heavy atom. The lowest BCUT2D eigenvalue weighted by Gasteiger charge is -2.10. The molecule has 27 heavy (non-hydrogen) atoms. The van der Waals surface area contributed by atoms with Crippen molar-refractivity contribution in [3.05, 3.63) is 94.8 Å². The summed E-state index contributed by atoms with van der Waals surface area (Å²) in [5.41, 5.74) is 4.42. The molecule has 0 aliphatic rings. The van der Waals surface area contributed by atoms with E-state index in [9.17, 15) is 9.59 Å². The number of benzene rings is 2. The predicted molar refractivity (Wildman–Crippen MR) is 106 cm³/mol. The Hall–Kier alpha value is -3.47. The molecule has 3 rings (SSSR count). The van der Waals surface area contributed by atoms with Gasteiger partial charge in [0.05, 0.1) is 0 Å². The number of aromatic nitrogens is 1. The van der Waals surface area contributed by atoms with E-state index in [4.69, 9.17) is 0 Å². The van der Waals surface area contributed by atoms with Crippen molar-refractivity contribution < 1.29 is 9.59 Å². The van der Waals surface area contributed by atoms with Gasteiger partial charge in [-0.3, -0.25) is 14.6 Å². The highest BCUT2D eigenvalue weighted by atomic mass is 16.2. The number of amides is 2. The molecule has 3 aromatic rings. The first-order valence-corrected chi connectivity index (χ1v) is 8.70. The lowest BCUT2D eigenvalue weighted by atomic mass is 10.1. The SMILES string of the molecule is Cc1ccc(NC(=O)c2cc(C(=O)NCc3ccccc3)ccn2)c(C)c1. The van der Waals surface area contributed by atoms with Crippen molar-refractivity contribution in [2.24, 2.45) is 0 Å². The average molecular weight is 359 g/mol. The summed E-state index contributed by atoms with van der Waals surface area (Å²) in [5, 5.41) is 5.69. The zero-order valence-corrected chi connectivity index (χ0v) is 15.3. The van der Waals surface area contributed by atoms with Gasteiger partial charge >= 0.3 is 0 Å². The average Bonchev–Trinajstić information content (AvgIpc) is 2.69. The molecule has 0 atom stereocenters. The Kier molecular flexibility index (Phi) is 5.61. The fraction of sp³-hybridized carbons (Fsp3) is 0.136. The van der Waals surface area contributed by atoms with Crippen molar-refractivity contribution in [3.8, 4) is 0 Å². The Bertz CT molecular complexity index is 968. The lowest BCUT2D eigenvalue weighted by molar-refractivity contribution is 0.0951. The van der Waals surface area contributed by atoms with E-state index in [0.29, 0.717) is 12.1 Å². The number of hydrogen-bond acceptors (Lipinski definition) is 3. The molecule has 1 aromatic heterocycles. The first kappa shape index (κ1) is 18.3. The van der Waals surface area contributed by atoms with Gasteiger partial charge < -0.3 is 10.6 Å². The van der Waals surface area contributed by atoms with E-state index >= 15 is 0 Å². The highest BCUT2D eigenvalue weighted by Gasteiger charge is 2.13. The zero-order valence-electron chi connectivity index (χ0n) is 15.3. The van der Waals surface area contributed by atoms with Gasteiger partial charge in [0.2, 0.25) is 0 Å². The van der Waals surface area contributed by atoms with Gasteiger partial charge in [-0.25, -0.2) is 0 Å². The van der Waals surface area contributed by atoms with Crippen molar-refractivity contribution >= 4 is 17.5 Å². The number of carbonyl (C=O) groups is 2. The molecule has 1 heterocycles. The molecule has 0 fully saturated rings. The number of anilines is 1. The number of nitrogens with zero attached hydrogens (tertiary/aromatic N) is 1. The van der Waals surface area contributed by atoms with Crippen LogP contribution in [0.4, 0.5) is 5.69 Å². The van der Waals surface area contributed by atoms with Crippen LogP contribution in [-0.2, 0) is 6.54 Å². The first-order valence-electron chi connectivity index (χ1n) is 8.70. The van der Waals surface area contributed by atoms with E-state index in [1.807, 2.05) is 62.4 Å². The summed E-state index contributed by atoms with van der Waals surface area (Å²) < 4.78 is 0. The standard InChI is InChI=1S/C22H21N3O2/c1-15-8-9-19(16(2)12-15)25-22(27)20-13-18(10-11-23-20)21(26)24-14-17-6-4-3-5-7-17/h3-13H,14H2,1-2H3,(H,24,26)(H,25,27). The molecule has 2 N–H and O–H groups in total. The normalized spacial score (nSPS) is 10.3. The van der Waals surface area contributed by atoms with Gasteiger partial charge in [-0.1, -0.05) is 48.0 Å². The summed E-state index contributed by atoms with van der Waals surface area (Å²) in [4.78, 5) is 29.0. The number of rotatable bonds is 5. The van der Waals surface area contributed by atoms with E-state index in [0.717, 1.165) is 22.4 Å². The van der Waals surface area contributed by atoms with Crippen LogP contribution >= 0.6 is 0 Å². The summed E-state index contributed by atoms with van der Waals surface area (Å²) in [6.07, 6.45) is 1.47. The third kappa shape index (κ3) is 4.79. The Morgan fingerprint density at radius 2 is 1.70 bits per heavy atom. The van der Waals surface area contributed by atoms with E-state index in [-0.39, 0.29) is 17.5 Å². The maximum atomic E-state index is 12.5. The fourth-order valence-electron chi connectivity index (χ4n) is 2.72. The minimum atomic E-state index is -0.348. The van der Waals surface area contributed by atoms with Crippen molar-refractivity contribution in [3.63, 3.8) is 0 Å². The van der Waals surface area contributed by atoms with E-state index in [1.165, 1.54) is 12.3 Å². The second-order valence-electron chi connectivity index (χ2n) is 6.37. The molecule has 2 amide bonds. The van der Waals surface area contributed by atoms with E-state index < -0.39 is 0 Å². The van der Waals surface area contributed by atoms with E-state index in [1.54, 1.807) is 6.07 Å². The number of hydrogen-bond donors (Lipinski definition) is 2. The summed E-state index contributed by atoms with van der Waals surface area (Å²) in [6.45, 7) is 4.35. The van der Waals surface area contributed by atoms with Crippen LogP contribution in [0.5, 0.6) is 0 Å². The van der Waals surface area contributed by atoms with Crippen LogP contribution < -0.4 is 10.6 Å². The third-order valence-electron chi connectivity index (χ3n) is 4.18. The smallest absolute Gasteiger partial charge is 0.274 e. The predicted octanol–water partition coefficient (Wildman–Crippen LogP) is 3.88. The van der Waals surface area contributed by atoms with Gasteiger partial charge in [-0.05, 0) is 43.2 Å².